The smallest absolute Gasteiger partial charge is 0.0478 e. The third-order valence-corrected chi connectivity index (χ3v) is 4.25. The Labute approximate surface area is 118 Å². The molecule has 0 spiro atoms. The van der Waals surface area contributed by atoms with E-state index in [0.717, 1.165) is 6.54 Å². The summed E-state index contributed by atoms with van der Waals surface area (Å²) in [6.07, 6.45) is 2.62. The molecular formula is C17H28N2. The van der Waals surface area contributed by atoms with Crippen molar-refractivity contribution in [3.05, 3.63) is 35.9 Å². The fourth-order valence-electron chi connectivity index (χ4n) is 3.14. The summed E-state index contributed by atoms with van der Waals surface area (Å²) in [6, 6.07) is 12.0. The van der Waals surface area contributed by atoms with Gasteiger partial charge in [-0.2, -0.15) is 0 Å². The zero-order valence-corrected chi connectivity index (χ0v) is 12.8. The van der Waals surface area contributed by atoms with Gasteiger partial charge in [-0.1, -0.05) is 44.2 Å². The summed E-state index contributed by atoms with van der Waals surface area (Å²) in [5, 5.41) is 3.62. The first-order chi connectivity index (χ1) is 9.00. The molecule has 2 heteroatoms. The fraction of sp³-hybridized carbons (Fsp3) is 0.647. The van der Waals surface area contributed by atoms with Crippen molar-refractivity contribution in [3.8, 4) is 0 Å². The number of likely N-dealkylation sites (tertiary alicyclic amines) is 1. The van der Waals surface area contributed by atoms with Crippen molar-refractivity contribution in [2.75, 3.05) is 13.1 Å². The zero-order valence-electron chi connectivity index (χ0n) is 12.8. The maximum absolute atomic E-state index is 3.62. The number of benzene rings is 1. The average molecular weight is 260 g/mol. The van der Waals surface area contributed by atoms with Crippen LogP contribution in [0, 0.1) is 0 Å². The van der Waals surface area contributed by atoms with E-state index in [1.54, 1.807) is 0 Å². The van der Waals surface area contributed by atoms with E-state index in [1.165, 1.54) is 24.9 Å². The van der Waals surface area contributed by atoms with Gasteiger partial charge in [0.05, 0.1) is 0 Å². The highest BCUT2D eigenvalue weighted by molar-refractivity contribution is 5.20. The van der Waals surface area contributed by atoms with Crippen LogP contribution >= 0.6 is 0 Å². The van der Waals surface area contributed by atoms with Gasteiger partial charge in [0.15, 0.2) is 0 Å². The molecule has 0 aromatic heterocycles. The highest BCUT2D eigenvalue weighted by atomic mass is 15.2. The van der Waals surface area contributed by atoms with Gasteiger partial charge in [0, 0.05) is 24.2 Å². The van der Waals surface area contributed by atoms with Crippen LogP contribution in [0.15, 0.2) is 30.3 Å². The minimum Gasteiger partial charge on any atom is -0.313 e. The molecule has 1 aromatic carbocycles. The minimum atomic E-state index is 0.319. The molecule has 1 aliphatic heterocycles. The van der Waals surface area contributed by atoms with Gasteiger partial charge in [0.2, 0.25) is 0 Å². The lowest BCUT2D eigenvalue weighted by atomic mass is 9.97. The van der Waals surface area contributed by atoms with Crippen LogP contribution in [0.1, 0.15) is 52.1 Å². The third kappa shape index (κ3) is 3.58. The second kappa shape index (κ2) is 6.06. The molecule has 0 bridgehead atoms. The highest BCUT2D eigenvalue weighted by Gasteiger charge is 2.37. The standard InChI is InChI=1S/C17H28N2/c1-14(2)18-13-16(15-9-6-5-7-10-15)19-12-8-11-17(19,3)4/h5-7,9-10,14,16,18H,8,11-13H2,1-4H3. The Hall–Kier alpha value is -0.860. The van der Waals surface area contributed by atoms with Crippen LogP contribution in [0.3, 0.4) is 0 Å². The van der Waals surface area contributed by atoms with E-state index in [0.29, 0.717) is 17.6 Å². The number of rotatable bonds is 5. The molecule has 1 aromatic rings. The Balaban J connectivity index is 2.19. The summed E-state index contributed by atoms with van der Waals surface area (Å²) >= 11 is 0. The predicted octanol–water partition coefficient (Wildman–Crippen LogP) is 3.60. The molecule has 1 fully saturated rings. The molecule has 1 atom stereocenters. The van der Waals surface area contributed by atoms with Crippen molar-refractivity contribution in [2.24, 2.45) is 0 Å². The monoisotopic (exact) mass is 260 g/mol. The van der Waals surface area contributed by atoms with Gasteiger partial charge in [0.25, 0.3) is 0 Å². The van der Waals surface area contributed by atoms with Gasteiger partial charge < -0.3 is 5.32 Å². The molecule has 2 rings (SSSR count). The second-order valence-corrected chi connectivity index (χ2v) is 6.60. The van der Waals surface area contributed by atoms with Crippen LogP contribution in [0.2, 0.25) is 0 Å². The van der Waals surface area contributed by atoms with Crippen LogP contribution in [0.25, 0.3) is 0 Å². The molecule has 106 valence electrons. The van der Waals surface area contributed by atoms with Crippen LogP contribution < -0.4 is 5.32 Å². The zero-order chi connectivity index (χ0) is 13.9. The molecule has 0 amide bonds. The predicted molar refractivity (Wildman–Crippen MR) is 82.3 cm³/mol. The summed E-state index contributed by atoms with van der Waals surface area (Å²) in [5.74, 6) is 0. The Morgan fingerprint density at radius 3 is 2.42 bits per heavy atom. The topological polar surface area (TPSA) is 15.3 Å². The lowest BCUT2D eigenvalue weighted by Gasteiger charge is -2.39. The molecule has 1 aliphatic rings. The summed E-state index contributed by atoms with van der Waals surface area (Å²) in [5.41, 5.74) is 1.75. The van der Waals surface area contributed by atoms with E-state index < -0.39 is 0 Å². The first-order valence-electron chi connectivity index (χ1n) is 7.56. The Morgan fingerprint density at radius 1 is 1.21 bits per heavy atom. The maximum Gasteiger partial charge on any atom is 0.0478 e. The summed E-state index contributed by atoms with van der Waals surface area (Å²) in [6.45, 7) is 11.4. The maximum atomic E-state index is 3.62. The molecule has 1 N–H and O–H groups in total. The van der Waals surface area contributed by atoms with Gasteiger partial charge >= 0.3 is 0 Å². The molecule has 19 heavy (non-hydrogen) atoms. The first-order valence-corrected chi connectivity index (χ1v) is 7.56. The van der Waals surface area contributed by atoms with Crippen LogP contribution in [0.4, 0.5) is 0 Å². The fourth-order valence-corrected chi connectivity index (χ4v) is 3.14. The van der Waals surface area contributed by atoms with Crippen molar-refractivity contribution >= 4 is 0 Å². The quantitative estimate of drug-likeness (QED) is 0.870. The largest absolute Gasteiger partial charge is 0.313 e. The van der Waals surface area contributed by atoms with Crippen LogP contribution in [0.5, 0.6) is 0 Å². The number of nitrogens with zero attached hydrogens (tertiary/aromatic N) is 1. The summed E-state index contributed by atoms with van der Waals surface area (Å²) in [4.78, 5) is 2.68. The minimum absolute atomic E-state index is 0.319. The van der Waals surface area contributed by atoms with Crippen molar-refractivity contribution in [2.45, 2.75) is 58.2 Å². The normalized spacial score (nSPS) is 20.9. The Kier molecular flexibility index (Phi) is 4.64. The van der Waals surface area contributed by atoms with E-state index in [4.69, 9.17) is 0 Å². The lowest BCUT2D eigenvalue weighted by molar-refractivity contribution is 0.112. The van der Waals surface area contributed by atoms with Gasteiger partial charge in [0.1, 0.15) is 0 Å². The number of hydrogen-bond acceptors (Lipinski definition) is 2. The van der Waals surface area contributed by atoms with Gasteiger partial charge in [-0.15, -0.1) is 0 Å². The summed E-state index contributed by atoms with van der Waals surface area (Å²) in [7, 11) is 0. The second-order valence-electron chi connectivity index (χ2n) is 6.60. The molecule has 0 radical (unpaired) electrons. The third-order valence-electron chi connectivity index (χ3n) is 4.25. The van der Waals surface area contributed by atoms with Crippen LogP contribution in [-0.2, 0) is 0 Å². The van der Waals surface area contributed by atoms with Crippen molar-refractivity contribution in [1.82, 2.24) is 10.2 Å². The lowest BCUT2D eigenvalue weighted by Crippen LogP contribution is -2.45. The van der Waals surface area contributed by atoms with E-state index >= 15 is 0 Å². The van der Waals surface area contributed by atoms with Crippen molar-refractivity contribution in [1.29, 1.82) is 0 Å². The molecule has 0 saturated carbocycles. The molecule has 1 saturated heterocycles. The van der Waals surface area contributed by atoms with Crippen LogP contribution in [-0.4, -0.2) is 29.6 Å². The Bertz CT molecular complexity index is 384. The van der Waals surface area contributed by atoms with Crippen molar-refractivity contribution in [3.63, 3.8) is 0 Å². The van der Waals surface area contributed by atoms with Gasteiger partial charge in [-0.05, 0) is 38.8 Å². The highest BCUT2D eigenvalue weighted by Crippen LogP contribution is 2.36. The van der Waals surface area contributed by atoms with E-state index in [9.17, 15) is 0 Å². The van der Waals surface area contributed by atoms with Crippen molar-refractivity contribution < 1.29 is 0 Å². The molecule has 0 aliphatic carbocycles. The van der Waals surface area contributed by atoms with E-state index in [-0.39, 0.29) is 0 Å². The number of nitrogens with one attached hydrogen (secondary N) is 1. The Morgan fingerprint density at radius 2 is 1.89 bits per heavy atom. The van der Waals surface area contributed by atoms with Gasteiger partial charge in [-0.25, -0.2) is 0 Å². The molecule has 1 heterocycles. The van der Waals surface area contributed by atoms with E-state index in [1.807, 2.05) is 0 Å². The van der Waals surface area contributed by atoms with Gasteiger partial charge in [-0.3, -0.25) is 4.90 Å². The first kappa shape index (κ1) is 14.5. The number of hydrogen-bond donors (Lipinski definition) is 1. The molecule has 1 unspecified atom stereocenters. The molecular weight excluding hydrogens is 232 g/mol. The summed E-state index contributed by atoms with van der Waals surface area (Å²) < 4.78 is 0. The molecule has 2 nitrogen and oxygen atoms in total. The SMILES string of the molecule is CC(C)NCC(c1ccccc1)N1CCCC1(C)C. The average Bonchev–Trinajstić information content (AvgIpc) is 2.71. The van der Waals surface area contributed by atoms with E-state index in [2.05, 4.69) is 68.2 Å².